The molecular formula is C25H25ClINO6S. The second kappa shape index (κ2) is 11.7. The van der Waals surface area contributed by atoms with Crippen LogP contribution in [0.4, 0.5) is 4.79 Å². The summed E-state index contributed by atoms with van der Waals surface area (Å²) >= 11 is 9.49. The molecule has 0 aromatic heterocycles. The van der Waals surface area contributed by atoms with Gasteiger partial charge in [0.1, 0.15) is 18.8 Å². The fraction of sp³-hybridized carbons (Fsp3) is 0.320. The molecule has 1 saturated heterocycles. The Hall–Kier alpha value is -2.24. The number of ether oxygens (including phenoxy) is 3. The van der Waals surface area contributed by atoms with Crippen molar-refractivity contribution in [2.75, 3.05) is 13.2 Å². The molecule has 10 heteroatoms. The lowest BCUT2D eigenvalue weighted by molar-refractivity contribution is -0.156. The Bertz CT molecular complexity index is 1160. The first-order valence-corrected chi connectivity index (χ1v) is 13.0. The molecule has 0 spiro atoms. The quantitative estimate of drug-likeness (QED) is 0.193. The number of nitrogens with zero attached hydrogens (tertiary/aromatic N) is 1. The third kappa shape index (κ3) is 7.62. The van der Waals surface area contributed by atoms with Gasteiger partial charge in [-0.05, 0) is 104 Å². The SMILES string of the molecule is CCOc1cc(C=C2SC(=O)N(CC(=O)OC(C)(C)C)C2=O)cc(Cl)c1OCc1ccc(I)cc1. The topological polar surface area (TPSA) is 82.1 Å². The highest BCUT2D eigenvalue weighted by atomic mass is 127. The molecule has 1 aliphatic heterocycles. The smallest absolute Gasteiger partial charge is 0.326 e. The Kier molecular flexibility index (Phi) is 9.11. The van der Waals surface area contributed by atoms with Crippen molar-refractivity contribution >= 4 is 69.1 Å². The van der Waals surface area contributed by atoms with E-state index in [-0.39, 0.29) is 4.91 Å². The average Bonchev–Trinajstić information content (AvgIpc) is 3.00. The highest BCUT2D eigenvalue weighted by Gasteiger charge is 2.37. The minimum absolute atomic E-state index is 0.171. The van der Waals surface area contributed by atoms with Crippen molar-refractivity contribution < 1.29 is 28.6 Å². The van der Waals surface area contributed by atoms with Gasteiger partial charge >= 0.3 is 5.97 Å². The molecule has 2 aromatic rings. The van der Waals surface area contributed by atoms with Gasteiger partial charge in [0.25, 0.3) is 11.1 Å². The molecule has 3 rings (SSSR count). The van der Waals surface area contributed by atoms with Crippen LogP contribution in [0.5, 0.6) is 11.5 Å². The second-order valence-corrected chi connectivity index (χ2v) is 11.2. The zero-order valence-corrected chi connectivity index (χ0v) is 23.5. The molecule has 0 radical (unpaired) electrons. The van der Waals surface area contributed by atoms with Crippen molar-refractivity contribution in [1.29, 1.82) is 0 Å². The van der Waals surface area contributed by atoms with E-state index in [9.17, 15) is 14.4 Å². The van der Waals surface area contributed by atoms with Gasteiger partial charge in [0.2, 0.25) is 0 Å². The van der Waals surface area contributed by atoms with E-state index >= 15 is 0 Å². The third-order valence-corrected chi connectivity index (χ3v) is 6.41. The first-order chi connectivity index (χ1) is 16.5. The zero-order valence-electron chi connectivity index (χ0n) is 19.7. The van der Waals surface area contributed by atoms with Crippen LogP contribution in [0.15, 0.2) is 41.3 Å². The van der Waals surface area contributed by atoms with Gasteiger partial charge in [-0.1, -0.05) is 23.7 Å². The predicted molar refractivity (Wildman–Crippen MR) is 145 cm³/mol. The summed E-state index contributed by atoms with van der Waals surface area (Å²) in [6.07, 6.45) is 1.54. The number of carbonyl (C=O) groups excluding carboxylic acids is 3. The number of rotatable bonds is 8. The van der Waals surface area contributed by atoms with E-state index in [0.717, 1.165) is 25.8 Å². The van der Waals surface area contributed by atoms with Crippen molar-refractivity contribution in [3.63, 3.8) is 0 Å². The number of hydrogen-bond acceptors (Lipinski definition) is 7. The minimum atomic E-state index is -0.718. The zero-order chi connectivity index (χ0) is 25.8. The maximum atomic E-state index is 12.8. The Morgan fingerprint density at radius 3 is 2.46 bits per heavy atom. The van der Waals surface area contributed by atoms with Gasteiger partial charge in [0.05, 0.1) is 16.5 Å². The number of esters is 1. The molecular weight excluding hydrogens is 605 g/mol. The first kappa shape index (κ1) is 27.3. The maximum absolute atomic E-state index is 12.8. The highest BCUT2D eigenvalue weighted by molar-refractivity contribution is 14.1. The van der Waals surface area contributed by atoms with E-state index in [2.05, 4.69) is 22.6 Å². The van der Waals surface area contributed by atoms with Gasteiger partial charge in [-0.25, -0.2) is 0 Å². The van der Waals surface area contributed by atoms with Gasteiger partial charge < -0.3 is 14.2 Å². The number of thioether (sulfide) groups is 1. The Labute approximate surface area is 227 Å². The van der Waals surface area contributed by atoms with Crippen LogP contribution in [0.2, 0.25) is 5.02 Å². The van der Waals surface area contributed by atoms with Crippen LogP contribution in [0, 0.1) is 3.57 Å². The Balaban J connectivity index is 1.79. The molecule has 0 atom stereocenters. The Morgan fingerprint density at radius 1 is 1.14 bits per heavy atom. The number of hydrogen-bond donors (Lipinski definition) is 0. The van der Waals surface area contributed by atoms with Crippen LogP contribution < -0.4 is 9.47 Å². The summed E-state index contributed by atoms with van der Waals surface area (Å²) in [5, 5.41) is -0.235. The van der Waals surface area contributed by atoms with Gasteiger partial charge in [0.15, 0.2) is 11.5 Å². The number of amides is 2. The molecule has 0 bridgehead atoms. The molecule has 0 unspecified atom stereocenters. The van der Waals surface area contributed by atoms with Crippen LogP contribution in [-0.2, 0) is 20.9 Å². The summed E-state index contributed by atoms with van der Waals surface area (Å²) < 4.78 is 18.0. The van der Waals surface area contributed by atoms with Gasteiger partial charge in [-0.3, -0.25) is 19.3 Å². The number of imide groups is 1. The summed E-state index contributed by atoms with van der Waals surface area (Å²) in [4.78, 5) is 38.3. The van der Waals surface area contributed by atoms with Gasteiger partial charge in [-0.15, -0.1) is 0 Å². The normalized spacial score (nSPS) is 15.0. The van der Waals surface area contributed by atoms with E-state index in [1.807, 2.05) is 31.2 Å². The highest BCUT2D eigenvalue weighted by Crippen LogP contribution is 2.39. The summed E-state index contributed by atoms with van der Waals surface area (Å²) in [6, 6.07) is 11.2. The van der Waals surface area contributed by atoms with E-state index in [0.29, 0.717) is 35.3 Å². The molecule has 2 amide bonds. The minimum Gasteiger partial charge on any atom is -0.490 e. The molecule has 7 nitrogen and oxygen atoms in total. The molecule has 0 saturated carbocycles. The molecule has 1 heterocycles. The lowest BCUT2D eigenvalue weighted by Gasteiger charge is -2.21. The molecule has 35 heavy (non-hydrogen) atoms. The van der Waals surface area contributed by atoms with E-state index < -0.39 is 29.3 Å². The molecule has 0 N–H and O–H groups in total. The van der Waals surface area contributed by atoms with Crippen molar-refractivity contribution in [3.8, 4) is 11.5 Å². The van der Waals surface area contributed by atoms with Crippen LogP contribution in [0.25, 0.3) is 6.08 Å². The number of benzene rings is 2. The maximum Gasteiger partial charge on any atom is 0.326 e. The summed E-state index contributed by atoms with van der Waals surface area (Å²) in [5.74, 6) is -0.414. The first-order valence-electron chi connectivity index (χ1n) is 10.8. The summed E-state index contributed by atoms with van der Waals surface area (Å²) in [5.41, 5.74) is 0.818. The van der Waals surface area contributed by atoms with Crippen molar-refractivity contribution in [2.24, 2.45) is 0 Å². The monoisotopic (exact) mass is 629 g/mol. The summed E-state index contributed by atoms with van der Waals surface area (Å²) in [7, 11) is 0. The fourth-order valence-corrected chi connectivity index (χ4v) is 4.57. The van der Waals surface area contributed by atoms with Crippen molar-refractivity contribution in [1.82, 2.24) is 4.90 Å². The molecule has 2 aromatic carbocycles. The molecule has 1 aliphatic rings. The number of halogens is 2. The van der Waals surface area contributed by atoms with Crippen LogP contribution in [0.1, 0.15) is 38.8 Å². The number of carbonyl (C=O) groups is 3. The van der Waals surface area contributed by atoms with E-state index in [1.54, 1.807) is 32.9 Å². The van der Waals surface area contributed by atoms with Gasteiger partial charge in [0, 0.05) is 3.57 Å². The van der Waals surface area contributed by atoms with Crippen LogP contribution in [-0.4, -0.2) is 40.8 Å². The van der Waals surface area contributed by atoms with Gasteiger partial charge in [-0.2, -0.15) is 0 Å². The third-order valence-electron chi connectivity index (χ3n) is 4.51. The molecule has 0 aliphatic carbocycles. The Morgan fingerprint density at radius 2 is 1.83 bits per heavy atom. The van der Waals surface area contributed by atoms with Crippen molar-refractivity contribution in [3.05, 3.63) is 61.0 Å². The van der Waals surface area contributed by atoms with E-state index in [4.69, 9.17) is 25.8 Å². The second-order valence-electron chi connectivity index (χ2n) is 8.53. The molecule has 186 valence electrons. The van der Waals surface area contributed by atoms with Crippen LogP contribution >= 0.6 is 46.0 Å². The predicted octanol–water partition coefficient (Wildman–Crippen LogP) is 6.30. The fourth-order valence-electron chi connectivity index (χ4n) is 3.10. The molecule has 1 fully saturated rings. The van der Waals surface area contributed by atoms with Crippen molar-refractivity contribution in [2.45, 2.75) is 39.9 Å². The average molecular weight is 630 g/mol. The largest absolute Gasteiger partial charge is 0.490 e. The standard InChI is InChI=1S/C25H25ClINO6S/c1-5-32-19-11-16(10-18(26)22(19)33-14-15-6-8-17(27)9-7-15)12-20-23(30)28(24(31)35-20)13-21(29)34-25(2,3)4/h6-12H,5,13-14H2,1-4H3. The van der Waals surface area contributed by atoms with E-state index in [1.165, 1.54) is 6.08 Å². The lowest BCUT2D eigenvalue weighted by atomic mass is 10.1. The lowest BCUT2D eigenvalue weighted by Crippen LogP contribution is -2.37. The summed E-state index contributed by atoms with van der Waals surface area (Å²) in [6.45, 7) is 7.22. The van der Waals surface area contributed by atoms with Crippen LogP contribution in [0.3, 0.4) is 0 Å².